The molecule has 0 saturated carbocycles. The van der Waals surface area contributed by atoms with Gasteiger partial charge in [-0.3, -0.25) is 10.1 Å². The molecule has 0 radical (unpaired) electrons. The molecule has 1 N–H and O–H groups in total. The molecule has 3 rings (SSSR count). The second-order valence-electron chi connectivity index (χ2n) is 5.58. The fraction of sp³-hybridized carbons (Fsp3) is 0.458. The highest BCUT2D eigenvalue weighted by Crippen LogP contribution is 2.33. The summed E-state index contributed by atoms with van der Waals surface area (Å²) in [6, 6.07) is 10.3. The van der Waals surface area contributed by atoms with Gasteiger partial charge < -0.3 is 9.84 Å². The van der Waals surface area contributed by atoms with Crippen molar-refractivity contribution in [2.75, 3.05) is 7.11 Å². The summed E-state index contributed by atoms with van der Waals surface area (Å²) < 4.78 is 4.54. The van der Waals surface area contributed by atoms with Gasteiger partial charge in [-0.2, -0.15) is 0 Å². The third-order valence-corrected chi connectivity index (χ3v) is 3.86. The van der Waals surface area contributed by atoms with Crippen LogP contribution in [-0.4, -0.2) is 23.1 Å². The van der Waals surface area contributed by atoms with Gasteiger partial charge in [0.2, 0.25) is 0 Å². The van der Waals surface area contributed by atoms with E-state index in [9.17, 15) is 20.0 Å². The standard InChI is InChI=1S/C9H9NO3.C9H10O2.3C2H6/c11-9-5-7-3-1-2-6(7)4-8(9)10(12)13;1-7-3-5-8(6-4-7)9(10)11-2;3*1-2/h4-5,11H,1-3H2;3-6H,1-2H3;3*1-2H3. The number of methoxy groups -OCH3 is 1. The van der Waals surface area contributed by atoms with Crippen molar-refractivity contribution in [3.63, 3.8) is 0 Å². The Hall–Kier alpha value is -2.89. The monoisotopic (exact) mass is 419 g/mol. The summed E-state index contributed by atoms with van der Waals surface area (Å²) in [6.07, 6.45) is 2.83. The first-order valence-corrected chi connectivity index (χ1v) is 10.6. The van der Waals surface area contributed by atoms with Crippen LogP contribution in [0.2, 0.25) is 0 Å². The van der Waals surface area contributed by atoms with Gasteiger partial charge in [0, 0.05) is 6.07 Å². The van der Waals surface area contributed by atoms with Crippen molar-refractivity contribution in [3.05, 3.63) is 68.8 Å². The van der Waals surface area contributed by atoms with Crippen molar-refractivity contribution >= 4 is 11.7 Å². The second kappa shape index (κ2) is 17.0. The zero-order valence-corrected chi connectivity index (χ0v) is 19.6. The average molecular weight is 420 g/mol. The highest BCUT2D eigenvalue weighted by molar-refractivity contribution is 5.89. The number of nitro benzene ring substituents is 1. The number of rotatable bonds is 2. The number of aryl methyl sites for hydroxylation is 3. The summed E-state index contributed by atoms with van der Waals surface area (Å²) in [5.41, 5.74) is 3.60. The lowest BCUT2D eigenvalue weighted by Gasteiger charge is -2.00. The lowest BCUT2D eigenvalue weighted by molar-refractivity contribution is -0.385. The molecule has 0 atom stereocenters. The first-order chi connectivity index (χ1) is 14.4. The Kier molecular flexibility index (Phi) is 16.6. The van der Waals surface area contributed by atoms with Crippen molar-refractivity contribution in [1.82, 2.24) is 0 Å². The Morgan fingerprint density at radius 3 is 1.87 bits per heavy atom. The number of aromatic hydroxyl groups is 1. The van der Waals surface area contributed by atoms with Crippen molar-refractivity contribution in [2.45, 2.75) is 67.7 Å². The number of fused-ring (bicyclic) bond motifs is 1. The summed E-state index contributed by atoms with van der Waals surface area (Å²) in [5.74, 6) is -0.504. The van der Waals surface area contributed by atoms with Gasteiger partial charge in [-0.15, -0.1) is 0 Å². The molecule has 0 fully saturated rings. The Balaban J connectivity index is 0. The van der Waals surface area contributed by atoms with Crippen LogP contribution < -0.4 is 0 Å². The van der Waals surface area contributed by atoms with E-state index in [1.165, 1.54) is 19.2 Å². The molecule has 0 aliphatic heterocycles. The zero-order valence-electron chi connectivity index (χ0n) is 19.6. The van der Waals surface area contributed by atoms with Crippen LogP contribution >= 0.6 is 0 Å². The molecule has 30 heavy (non-hydrogen) atoms. The molecule has 168 valence electrons. The first kappa shape index (κ1) is 29.3. The number of hydrogen-bond acceptors (Lipinski definition) is 5. The molecule has 2 aromatic rings. The zero-order chi connectivity index (χ0) is 23.7. The molecule has 2 aromatic carbocycles. The van der Waals surface area contributed by atoms with Gasteiger partial charge in [-0.1, -0.05) is 59.2 Å². The maximum atomic E-state index is 10.9. The van der Waals surface area contributed by atoms with Crippen molar-refractivity contribution in [2.24, 2.45) is 0 Å². The Labute approximate surface area is 181 Å². The van der Waals surface area contributed by atoms with Gasteiger partial charge >= 0.3 is 11.7 Å². The van der Waals surface area contributed by atoms with E-state index in [1.807, 2.05) is 60.6 Å². The molecule has 0 spiro atoms. The van der Waals surface area contributed by atoms with E-state index >= 15 is 0 Å². The SMILES string of the molecule is CC.CC.CC.COC(=O)c1ccc(C)cc1.O=[N+]([O-])c1cc2c(cc1O)CCC2. The average Bonchev–Trinajstić information content (AvgIpc) is 3.25. The molecular formula is C24H37NO5. The predicted molar refractivity (Wildman–Crippen MR) is 123 cm³/mol. The molecule has 0 heterocycles. The van der Waals surface area contributed by atoms with Gasteiger partial charge in [0.15, 0.2) is 5.75 Å². The maximum Gasteiger partial charge on any atom is 0.337 e. The minimum Gasteiger partial charge on any atom is -0.502 e. The normalized spacial score (nSPS) is 10.1. The van der Waals surface area contributed by atoms with Crippen LogP contribution in [-0.2, 0) is 17.6 Å². The number of phenolic OH excluding ortho intramolecular Hbond substituents is 1. The maximum absolute atomic E-state index is 10.9. The van der Waals surface area contributed by atoms with Crippen LogP contribution in [0.3, 0.4) is 0 Å². The van der Waals surface area contributed by atoms with Gasteiger partial charge in [-0.25, -0.2) is 4.79 Å². The fourth-order valence-electron chi connectivity index (χ4n) is 2.55. The highest BCUT2D eigenvalue weighted by Gasteiger charge is 2.20. The van der Waals surface area contributed by atoms with Gasteiger partial charge in [-0.05, 0) is 55.5 Å². The number of esters is 1. The number of nitrogens with zero attached hydrogens (tertiary/aromatic N) is 1. The molecule has 1 aliphatic carbocycles. The molecule has 6 nitrogen and oxygen atoms in total. The quantitative estimate of drug-likeness (QED) is 0.334. The molecule has 0 saturated heterocycles. The summed E-state index contributed by atoms with van der Waals surface area (Å²) >= 11 is 0. The summed E-state index contributed by atoms with van der Waals surface area (Å²) in [5, 5.41) is 19.8. The molecule has 1 aliphatic rings. The predicted octanol–water partition coefficient (Wildman–Crippen LogP) is 6.65. The molecule has 0 bridgehead atoms. The first-order valence-electron chi connectivity index (χ1n) is 10.6. The third kappa shape index (κ3) is 9.54. The molecule has 0 aromatic heterocycles. The lowest BCUT2D eigenvalue weighted by atomic mass is 10.1. The smallest absolute Gasteiger partial charge is 0.337 e. The van der Waals surface area contributed by atoms with Gasteiger partial charge in [0.05, 0.1) is 17.6 Å². The molecule has 0 unspecified atom stereocenters. The van der Waals surface area contributed by atoms with E-state index in [2.05, 4.69) is 4.74 Å². The second-order valence-corrected chi connectivity index (χ2v) is 5.58. The largest absolute Gasteiger partial charge is 0.502 e. The van der Waals surface area contributed by atoms with Crippen molar-refractivity contribution in [3.8, 4) is 5.75 Å². The molecular weight excluding hydrogens is 382 g/mol. The van der Waals surface area contributed by atoms with Crippen molar-refractivity contribution < 1.29 is 19.6 Å². The minimum absolute atomic E-state index is 0.180. The van der Waals surface area contributed by atoms with Crippen LogP contribution in [0.4, 0.5) is 5.69 Å². The number of carbonyl (C=O) groups is 1. The topological polar surface area (TPSA) is 89.7 Å². The van der Waals surface area contributed by atoms with Crippen LogP contribution in [0, 0.1) is 17.0 Å². The van der Waals surface area contributed by atoms with E-state index in [0.29, 0.717) is 5.56 Å². The molecule has 0 amide bonds. The van der Waals surface area contributed by atoms with Crippen LogP contribution in [0.15, 0.2) is 36.4 Å². The summed E-state index contributed by atoms with van der Waals surface area (Å²) in [7, 11) is 1.38. The van der Waals surface area contributed by atoms with Gasteiger partial charge in [0.1, 0.15) is 0 Å². The summed E-state index contributed by atoms with van der Waals surface area (Å²) in [6.45, 7) is 14.0. The van der Waals surface area contributed by atoms with Crippen LogP contribution in [0.5, 0.6) is 5.75 Å². The fourth-order valence-corrected chi connectivity index (χ4v) is 2.55. The number of phenols is 1. The number of benzene rings is 2. The van der Waals surface area contributed by atoms with E-state index < -0.39 is 4.92 Å². The van der Waals surface area contributed by atoms with E-state index in [0.717, 1.165) is 36.0 Å². The van der Waals surface area contributed by atoms with Crippen molar-refractivity contribution in [1.29, 1.82) is 0 Å². The van der Waals surface area contributed by atoms with Crippen LogP contribution in [0.25, 0.3) is 0 Å². The lowest BCUT2D eigenvalue weighted by Crippen LogP contribution is -2.00. The highest BCUT2D eigenvalue weighted by atomic mass is 16.6. The van der Waals surface area contributed by atoms with Gasteiger partial charge in [0.25, 0.3) is 0 Å². The van der Waals surface area contributed by atoms with E-state index in [1.54, 1.807) is 12.1 Å². The number of carbonyl (C=O) groups excluding carboxylic acids is 1. The Morgan fingerprint density at radius 1 is 0.967 bits per heavy atom. The Morgan fingerprint density at radius 2 is 1.43 bits per heavy atom. The Bertz CT molecular complexity index is 755. The van der Waals surface area contributed by atoms with Crippen LogP contribution in [0.1, 0.15) is 75.0 Å². The molecule has 6 heteroatoms. The summed E-state index contributed by atoms with van der Waals surface area (Å²) in [4.78, 5) is 20.8. The van der Waals surface area contributed by atoms with E-state index in [4.69, 9.17) is 0 Å². The number of hydrogen-bond donors (Lipinski definition) is 1. The minimum atomic E-state index is -0.548. The van der Waals surface area contributed by atoms with E-state index in [-0.39, 0.29) is 17.4 Å². The number of ether oxygens (including phenoxy) is 1. The third-order valence-electron chi connectivity index (χ3n) is 3.86. The number of nitro groups is 1.